The summed E-state index contributed by atoms with van der Waals surface area (Å²) in [5.41, 5.74) is 0.307. The standard InChI is InChI=1S/C27H27F3N5O5PS/c1-3-8-35-13-20(25(38)31-7-4-9-40-41-39)24(37)17-6-5-16(10-21(17)35)19-12-32-23(33-15(2)36)11-18(19)26-34-22(14-42-26)27(28,29)30/h5-6,10-14,39,41H,3-4,7-9H2,1-2H3,(H,31,38)(H,32,33,36). The third-order valence-electron chi connectivity index (χ3n) is 6.11. The van der Waals surface area contributed by atoms with Crippen LogP contribution in [0.25, 0.3) is 32.6 Å². The lowest BCUT2D eigenvalue weighted by molar-refractivity contribution is -0.140. The van der Waals surface area contributed by atoms with Gasteiger partial charge in [-0.3, -0.25) is 14.4 Å². The number of hydrogen-bond acceptors (Lipinski definition) is 8. The van der Waals surface area contributed by atoms with Crippen LogP contribution in [-0.4, -0.2) is 44.4 Å². The Bertz CT molecular complexity index is 1670. The first-order chi connectivity index (χ1) is 20.0. The van der Waals surface area contributed by atoms with Crippen molar-refractivity contribution in [3.63, 3.8) is 0 Å². The maximum atomic E-state index is 13.3. The van der Waals surface area contributed by atoms with E-state index in [9.17, 15) is 27.6 Å². The Morgan fingerprint density at radius 2 is 2.00 bits per heavy atom. The van der Waals surface area contributed by atoms with Crippen LogP contribution in [-0.2, 0) is 22.0 Å². The number of nitrogens with zero attached hydrogens (tertiary/aromatic N) is 3. The number of amides is 2. The Morgan fingerprint density at radius 3 is 2.67 bits per heavy atom. The predicted octanol–water partition coefficient (Wildman–Crippen LogP) is 5.21. The van der Waals surface area contributed by atoms with Crippen molar-refractivity contribution < 1.29 is 32.2 Å². The van der Waals surface area contributed by atoms with Crippen LogP contribution < -0.4 is 16.1 Å². The second-order valence-corrected chi connectivity index (χ2v) is 10.5. The van der Waals surface area contributed by atoms with Gasteiger partial charge in [0.25, 0.3) is 5.91 Å². The minimum absolute atomic E-state index is 0.0295. The second kappa shape index (κ2) is 13.5. The monoisotopic (exact) mass is 621 g/mol. The summed E-state index contributed by atoms with van der Waals surface area (Å²) >= 11 is 0.808. The zero-order chi connectivity index (χ0) is 30.4. The highest BCUT2D eigenvalue weighted by molar-refractivity contribution is 7.24. The number of benzene rings is 1. The Morgan fingerprint density at radius 1 is 1.21 bits per heavy atom. The average Bonchev–Trinajstić information content (AvgIpc) is 3.45. The number of halogens is 3. The van der Waals surface area contributed by atoms with E-state index in [0.29, 0.717) is 47.0 Å². The van der Waals surface area contributed by atoms with Gasteiger partial charge in [0.1, 0.15) is 16.4 Å². The van der Waals surface area contributed by atoms with Crippen molar-refractivity contribution in [1.29, 1.82) is 0 Å². The zero-order valence-electron chi connectivity index (χ0n) is 22.5. The summed E-state index contributed by atoms with van der Waals surface area (Å²) in [6.45, 7) is 4.23. The minimum Gasteiger partial charge on any atom is -0.352 e. The fourth-order valence-electron chi connectivity index (χ4n) is 4.27. The Labute approximate surface area is 243 Å². The van der Waals surface area contributed by atoms with E-state index in [1.807, 2.05) is 6.92 Å². The van der Waals surface area contributed by atoms with Gasteiger partial charge in [-0.15, -0.1) is 11.3 Å². The minimum atomic E-state index is -4.63. The Kier molecular flexibility index (Phi) is 10.0. The van der Waals surface area contributed by atoms with E-state index >= 15 is 0 Å². The maximum absolute atomic E-state index is 13.3. The summed E-state index contributed by atoms with van der Waals surface area (Å²) in [5.74, 6) is -0.788. The normalized spacial score (nSPS) is 11.9. The van der Waals surface area contributed by atoms with Crippen molar-refractivity contribution in [3.8, 4) is 21.7 Å². The summed E-state index contributed by atoms with van der Waals surface area (Å²) in [5, 5.41) is 6.52. The SMILES string of the molecule is CCCn1cc(C(=O)NCCCOPO)c(=O)c2ccc(-c3cnc(NC(C)=O)cc3-c3nc(C(F)(F)F)cs3)cc21. The number of nitrogens with one attached hydrogen (secondary N) is 2. The number of hydrogen-bond donors (Lipinski definition) is 3. The molecule has 0 saturated carbocycles. The van der Waals surface area contributed by atoms with Gasteiger partial charge in [-0.1, -0.05) is 13.0 Å². The van der Waals surface area contributed by atoms with Crippen LogP contribution in [0.15, 0.2) is 46.8 Å². The lowest BCUT2D eigenvalue weighted by Crippen LogP contribution is -2.31. The predicted molar refractivity (Wildman–Crippen MR) is 156 cm³/mol. The molecular formula is C27H27F3N5O5PS. The van der Waals surface area contributed by atoms with Crippen LogP contribution in [0.2, 0.25) is 0 Å². The molecule has 3 aromatic heterocycles. The molecule has 4 rings (SSSR count). The van der Waals surface area contributed by atoms with Crippen LogP contribution in [0.4, 0.5) is 19.0 Å². The summed E-state index contributed by atoms with van der Waals surface area (Å²) < 4.78 is 46.6. The van der Waals surface area contributed by atoms with Crippen molar-refractivity contribution in [1.82, 2.24) is 19.9 Å². The highest BCUT2D eigenvalue weighted by atomic mass is 32.1. The lowest BCUT2D eigenvalue weighted by Gasteiger charge is -2.15. The molecule has 1 unspecified atom stereocenters. The lowest BCUT2D eigenvalue weighted by atomic mass is 9.99. The number of rotatable bonds is 11. The number of pyridine rings is 2. The molecule has 4 aromatic rings. The summed E-state index contributed by atoms with van der Waals surface area (Å²) in [4.78, 5) is 54.6. The van der Waals surface area contributed by atoms with Crippen molar-refractivity contribution in [3.05, 3.63) is 63.5 Å². The van der Waals surface area contributed by atoms with Gasteiger partial charge in [-0.25, -0.2) is 9.97 Å². The molecule has 0 aliphatic carbocycles. The van der Waals surface area contributed by atoms with Gasteiger partial charge in [0, 0.05) is 54.3 Å². The number of fused-ring (bicyclic) bond motifs is 1. The number of alkyl halides is 3. The van der Waals surface area contributed by atoms with E-state index in [1.54, 1.807) is 22.8 Å². The Balaban J connectivity index is 1.80. The van der Waals surface area contributed by atoms with Crippen molar-refractivity contribution >= 4 is 48.9 Å². The second-order valence-electron chi connectivity index (χ2n) is 9.18. The molecule has 1 aromatic carbocycles. The summed E-state index contributed by atoms with van der Waals surface area (Å²) in [7, 11) is -0.638. The van der Waals surface area contributed by atoms with E-state index < -0.39 is 38.1 Å². The third-order valence-corrected chi connectivity index (χ3v) is 7.32. The smallest absolute Gasteiger partial charge is 0.352 e. The van der Waals surface area contributed by atoms with E-state index in [2.05, 4.69) is 20.6 Å². The van der Waals surface area contributed by atoms with Crippen molar-refractivity contribution in [2.75, 3.05) is 18.5 Å². The molecule has 0 saturated heterocycles. The van der Waals surface area contributed by atoms with Crippen LogP contribution in [0.1, 0.15) is 42.7 Å². The van der Waals surface area contributed by atoms with Crippen LogP contribution in [0.5, 0.6) is 0 Å². The topological polar surface area (TPSA) is 135 Å². The van der Waals surface area contributed by atoms with Crippen LogP contribution in [0, 0.1) is 0 Å². The fraction of sp³-hybridized carbons (Fsp3) is 0.296. The highest BCUT2D eigenvalue weighted by Crippen LogP contribution is 2.39. The average molecular weight is 622 g/mol. The van der Waals surface area contributed by atoms with Gasteiger partial charge >= 0.3 is 6.18 Å². The molecule has 1 atom stereocenters. The maximum Gasteiger partial charge on any atom is 0.434 e. The first kappa shape index (κ1) is 31.2. The summed E-state index contributed by atoms with van der Waals surface area (Å²) in [6.07, 6.45) is -0.547. The number of carbonyl (C=O) groups is 2. The molecule has 3 N–H and O–H groups in total. The van der Waals surface area contributed by atoms with E-state index in [1.165, 1.54) is 25.4 Å². The van der Waals surface area contributed by atoms with Crippen molar-refractivity contribution in [2.45, 2.75) is 39.4 Å². The van der Waals surface area contributed by atoms with Gasteiger partial charge in [0.05, 0.1) is 12.1 Å². The van der Waals surface area contributed by atoms with Gasteiger partial charge in [-0.05, 0) is 36.6 Å². The molecule has 0 bridgehead atoms. The Hall–Kier alpha value is -3.71. The molecule has 0 radical (unpaired) electrons. The van der Waals surface area contributed by atoms with Gasteiger partial charge in [0.2, 0.25) is 11.3 Å². The zero-order valence-corrected chi connectivity index (χ0v) is 24.4. The molecule has 10 nitrogen and oxygen atoms in total. The molecule has 222 valence electrons. The molecule has 0 spiro atoms. The third kappa shape index (κ3) is 7.19. The van der Waals surface area contributed by atoms with E-state index in [-0.39, 0.29) is 29.5 Å². The van der Waals surface area contributed by atoms with Gasteiger partial charge < -0.3 is 24.6 Å². The molecule has 0 fully saturated rings. The molecule has 3 heterocycles. The van der Waals surface area contributed by atoms with Gasteiger partial charge in [-0.2, -0.15) is 13.2 Å². The summed E-state index contributed by atoms with van der Waals surface area (Å²) in [6, 6.07) is 6.38. The molecular weight excluding hydrogens is 594 g/mol. The highest BCUT2D eigenvalue weighted by Gasteiger charge is 2.34. The van der Waals surface area contributed by atoms with E-state index in [4.69, 9.17) is 9.42 Å². The molecule has 0 aliphatic rings. The molecule has 42 heavy (non-hydrogen) atoms. The largest absolute Gasteiger partial charge is 0.434 e. The molecule has 2 amide bonds. The van der Waals surface area contributed by atoms with Gasteiger partial charge in [0.15, 0.2) is 14.7 Å². The number of aryl methyl sites for hydroxylation is 1. The number of aromatic nitrogens is 3. The van der Waals surface area contributed by atoms with Crippen LogP contribution >= 0.6 is 20.4 Å². The fourth-order valence-corrected chi connectivity index (χ4v) is 5.36. The van der Waals surface area contributed by atoms with E-state index in [0.717, 1.165) is 16.7 Å². The molecule has 0 aliphatic heterocycles. The number of anilines is 1. The quantitative estimate of drug-likeness (QED) is 0.155. The van der Waals surface area contributed by atoms with Crippen LogP contribution in [0.3, 0.4) is 0 Å². The molecule has 15 heteroatoms. The first-order valence-electron chi connectivity index (χ1n) is 12.8. The number of carbonyl (C=O) groups excluding carboxylic acids is 2. The number of thiazole rings is 1. The first-order valence-corrected chi connectivity index (χ1v) is 14.5. The van der Waals surface area contributed by atoms with Crippen molar-refractivity contribution in [2.24, 2.45) is 0 Å².